The van der Waals surface area contributed by atoms with Crippen LogP contribution in [0.3, 0.4) is 0 Å². The number of benzene rings is 3. The number of nitro groups is 2. The minimum Gasteiger partial charge on any atom is -0.501 e. The van der Waals surface area contributed by atoms with Crippen LogP contribution in [0, 0.1) is 20.2 Å². The van der Waals surface area contributed by atoms with E-state index in [2.05, 4.69) is 15.9 Å². The first kappa shape index (κ1) is 24.9. The summed E-state index contributed by atoms with van der Waals surface area (Å²) in [7, 11) is 0. The van der Waals surface area contributed by atoms with E-state index < -0.39 is 27.3 Å². The summed E-state index contributed by atoms with van der Waals surface area (Å²) >= 11 is 4.27. The van der Waals surface area contributed by atoms with Gasteiger partial charge in [-0.1, -0.05) is 47.7 Å². The Balaban J connectivity index is 1.62. The van der Waals surface area contributed by atoms with E-state index in [1.54, 1.807) is 16.7 Å². The number of allylic oxidation sites excluding steroid dienone is 1. The maximum absolute atomic E-state index is 13.8. The summed E-state index contributed by atoms with van der Waals surface area (Å²) in [5.74, 6) is -0.504. The lowest BCUT2D eigenvalue weighted by Crippen LogP contribution is -2.38. The van der Waals surface area contributed by atoms with Crippen molar-refractivity contribution in [2.45, 2.75) is 18.9 Å². The molecular weight excluding hydrogens is 588 g/mol. The van der Waals surface area contributed by atoms with Crippen LogP contribution < -0.4 is 14.9 Å². The van der Waals surface area contributed by atoms with E-state index in [-0.39, 0.29) is 20.3 Å². The highest BCUT2D eigenvalue weighted by Gasteiger charge is 2.33. The number of thiazole rings is 1. The average molecular weight is 605 g/mol. The molecule has 4 aromatic rings. The van der Waals surface area contributed by atoms with Gasteiger partial charge in [0, 0.05) is 23.8 Å². The van der Waals surface area contributed by atoms with Crippen LogP contribution in [0.25, 0.3) is 11.8 Å². The quantitative estimate of drug-likeness (QED) is 0.266. The Hall–Kier alpha value is -4.42. The van der Waals surface area contributed by atoms with Crippen molar-refractivity contribution in [3.8, 4) is 5.75 Å². The van der Waals surface area contributed by atoms with E-state index in [1.807, 2.05) is 24.3 Å². The maximum Gasteiger partial charge on any atom is 0.312 e. The van der Waals surface area contributed by atoms with E-state index in [0.717, 1.165) is 40.2 Å². The number of hydrogen-bond acceptors (Lipinski definition) is 8. The molecule has 1 aliphatic heterocycles. The molecule has 10 nitrogen and oxygen atoms in total. The third-order valence-corrected chi connectivity index (χ3v) is 8.42. The summed E-state index contributed by atoms with van der Waals surface area (Å²) in [6.45, 7) is 0. The number of aromatic hydroxyl groups is 1. The zero-order valence-electron chi connectivity index (χ0n) is 19.9. The van der Waals surface area contributed by atoms with Gasteiger partial charge in [0.15, 0.2) is 4.80 Å². The summed E-state index contributed by atoms with van der Waals surface area (Å²) < 4.78 is 1.95. The van der Waals surface area contributed by atoms with Crippen molar-refractivity contribution >= 4 is 50.4 Å². The number of phenols is 1. The lowest BCUT2D eigenvalue weighted by molar-refractivity contribution is -0.386. The standard InChI is InChI=1S/C27H17BrN4O6S/c28-20-10-14(11-21(25(20)33)32(37)38)12-22-26(34)30-24(16-5-3-6-17(13-16)31(35)36)19-9-8-15-4-1-2-7-18(15)23(19)29-27(30)39-22/h1-7,10-13,24,33H,8-9H2. The van der Waals surface area contributed by atoms with Crippen molar-refractivity contribution in [2.24, 2.45) is 4.99 Å². The second-order valence-electron chi connectivity index (χ2n) is 9.09. The molecule has 0 fully saturated rings. The van der Waals surface area contributed by atoms with Crippen molar-refractivity contribution in [3.63, 3.8) is 0 Å². The van der Waals surface area contributed by atoms with Crippen LogP contribution in [0.2, 0.25) is 0 Å². The molecule has 0 radical (unpaired) electrons. The van der Waals surface area contributed by atoms with Crippen molar-refractivity contribution < 1.29 is 15.0 Å². The van der Waals surface area contributed by atoms with Crippen LogP contribution in [-0.2, 0) is 6.42 Å². The molecule has 12 heteroatoms. The van der Waals surface area contributed by atoms with Gasteiger partial charge in [-0.25, -0.2) is 4.99 Å². The third kappa shape index (κ3) is 4.17. The molecule has 1 aromatic heterocycles. The van der Waals surface area contributed by atoms with Gasteiger partial charge in [-0.2, -0.15) is 0 Å². The molecule has 0 saturated heterocycles. The first-order valence-electron chi connectivity index (χ1n) is 11.8. The number of halogens is 1. The predicted molar refractivity (Wildman–Crippen MR) is 148 cm³/mol. The van der Waals surface area contributed by atoms with Gasteiger partial charge in [-0.15, -0.1) is 0 Å². The Labute approximate surface area is 231 Å². The van der Waals surface area contributed by atoms with Gasteiger partial charge in [0.25, 0.3) is 11.2 Å². The number of aromatic nitrogens is 1. The van der Waals surface area contributed by atoms with Gasteiger partial charge in [0.2, 0.25) is 5.75 Å². The fourth-order valence-corrected chi connectivity index (χ4v) is 6.58. The molecular formula is C27H17BrN4O6S. The predicted octanol–water partition coefficient (Wildman–Crippen LogP) is 4.60. The molecule has 2 heterocycles. The van der Waals surface area contributed by atoms with E-state index >= 15 is 0 Å². The molecule has 39 heavy (non-hydrogen) atoms. The Morgan fingerprint density at radius 1 is 1.05 bits per heavy atom. The number of nitro benzene ring substituents is 2. The molecule has 0 saturated carbocycles. The minimum atomic E-state index is -0.702. The Morgan fingerprint density at radius 2 is 1.85 bits per heavy atom. The smallest absolute Gasteiger partial charge is 0.312 e. The van der Waals surface area contributed by atoms with Crippen molar-refractivity contribution in [3.05, 3.63) is 133 Å². The fourth-order valence-electron chi connectivity index (χ4n) is 5.11. The van der Waals surface area contributed by atoms with Gasteiger partial charge >= 0.3 is 5.69 Å². The van der Waals surface area contributed by atoms with E-state index in [9.17, 15) is 30.1 Å². The highest BCUT2D eigenvalue weighted by Crippen LogP contribution is 2.41. The zero-order chi connectivity index (χ0) is 27.4. The number of rotatable bonds is 4. The first-order chi connectivity index (χ1) is 18.7. The van der Waals surface area contributed by atoms with Gasteiger partial charge in [-0.3, -0.25) is 29.6 Å². The van der Waals surface area contributed by atoms with Crippen LogP contribution in [0.4, 0.5) is 11.4 Å². The van der Waals surface area contributed by atoms with Crippen LogP contribution in [0.1, 0.15) is 34.7 Å². The maximum atomic E-state index is 13.8. The molecule has 1 unspecified atom stereocenters. The molecule has 1 aliphatic carbocycles. The summed E-state index contributed by atoms with van der Waals surface area (Å²) in [6.07, 6.45) is 2.89. The number of fused-ring (bicyclic) bond motifs is 3. The number of non-ortho nitro benzene ring substituents is 1. The summed E-state index contributed by atoms with van der Waals surface area (Å²) in [4.78, 5) is 41.0. The fraction of sp³-hybridized carbons (Fsp3) is 0.111. The molecule has 1 atom stereocenters. The van der Waals surface area contributed by atoms with Gasteiger partial charge < -0.3 is 5.11 Å². The lowest BCUT2D eigenvalue weighted by Gasteiger charge is -2.30. The molecule has 3 aromatic carbocycles. The van der Waals surface area contributed by atoms with Crippen LogP contribution in [0.15, 0.2) is 80.5 Å². The SMILES string of the molecule is O=c1c(=Cc2cc(Br)c(O)c([N+](=O)[O-])c2)sc2n1C(c1cccc([N+](=O)[O-])c1)C1=C(N=2)c2ccccc2CC1. The number of nitrogens with zero attached hydrogens (tertiary/aromatic N) is 4. The van der Waals surface area contributed by atoms with Crippen LogP contribution in [-0.4, -0.2) is 19.5 Å². The second-order valence-corrected chi connectivity index (χ2v) is 11.0. The second kappa shape index (κ2) is 9.40. The number of hydrogen-bond donors (Lipinski definition) is 1. The van der Waals surface area contributed by atoms with Crippen molar-refractivity contribution in [2.75, 3.05) is 0 Å². The zero-order valence-corrected chi connectivity index (χ0v) is 22.3. The van der Waals surface area contributed by atoms with Gasteiger partial charge in [0.1, 0.15) is 0 Å². The number of aryl methyl sites for hydroxylation is 1. The van der Waals surface area contributed by atoms with E-state index in [0.29, 0.717) is 22.3 Å². The van der Waals surface area contributed by atoms with Crippen molar-refractivity contribution in [1.82, 2.24) is 4.57 Å². The Bertz CT molecular complexity index is 1940. The normalized spacial score (nSPS) is 16.2. The van der Waals surface area contributed by atoms with E-state index in [1.165, 1.54) is 30.3 Å². The van der Waals surface area contributed by atoms with Gasteiger partial charge in [-0.05, 0) is 63.2 Å². The topological polar surface area (TPSA) is 141 Å². The minimum absolute atomic E-state index is 0.0776. The largest absolute Gasteiger partial charge is 0.501 e. The molecule has 1 N–H and O–H groups in total. The summed E-state index contributed by atoms with van der Waals surface area (Å²) in [5.41, 5.74) is 3.76. The van der Waals surface area contributed by atoms with Crippen LogP contribution >= 0.6 is 27.3 Å². The molecule has 2 aliphatic rings. The first-order valence-corrected chi connectivity index (χ1v) is 13.4. The molecule has 194 valence electrons. The van der Waals surface area contributed by atoms with Gasteiger partial charge in [0.05, 0.1) is 30.6 Å². The summed E-state index contributed by atoms with van der Waals surface area (Å²) in [6, 6.07) is 16.3. The Kier molecular flexibility index (Phi) is 6.00. The Morgan fingerprint density at radius 3 is 2.62 bits per heavy atom. The number of phenolic OH excluding ortho intramolecular Hbond substituents is 1. The monoisotopic (exact) mass is 604 g/mol. The molecule has 6 rings (SSSR count). The third-order valence-electron chi connectivity index (χ3n) is 6.83. The molecule has 0 spiro atoms. The molecule has 0 bridgehead atoms. The highest BCUT2D eigenvalue weighted by molar-refractivity contribution is 9.10. The lowest BCUT2D eigenvalue weighted by atomic mass is 9.83. The van der Waals surface area contributed by atoms with E-state index in [4.69, 9.17) is 4.99 Å². The van der Waals surface area contributed by atoms with Crippen LogP contribution in [0.5, 0.6) is 5.75 Å². The van der Waals surface area contributed by atoms with Crippen molar-refractivity contribution in [1.29, 1.82) is 0 Å². The summed E-state index contributed by atoms with van der Waals surface area (Å²) in [5, 5.41) is 33.0. The average Bonchev–Trinajstić information content (AvgIpc) is 3.23. The molecule has 0 amide bonds. The highest BCUT2D eigenvalue weighted by atomic mass is 79.9.